The molecule has 0 spiro atoms. The molecular weight excluding hydrogens is 323 g/mol. The number of ether oxygens (including phenoxy) is 1. The van der Waals surface area contributed by atoms with Crippen LogP contribution < -0.4 is 10.1 Å². The number of nitrogens with zero attached hydrogens (tertiary/aromatic N) is 1. The highest BCUT2D eigenvalue weighted by Gasteiger charge is 2.28. The maximum absolute atomic E-state index is 12.3. The zero-order valence-electron chi connectivity index (χ0n) is 12.2. The normalized spacial score (nSPS) is 21.5. The molecule has 1 fully saturated rings. The van der Waals surface area contributed by atoms with E-state index >= 15 is 0 Å². The van der Waals surface area contributed by atoms with Crippen molar-refractivity contribution in [1.82, 2.24) is 10.2 Å². The first-order chi connectivity index (χ1) is 10.2. The molecule has 4 nitrogen and oxygen atoms in total. The highest BCUT2D eigenvalue weighted by atomic mass is 35.5. The smallest absolute Gasteiger partial charge is 0.243 e. The summed E-state index contributed by atoms with van der Waals surface area (Å²) < 4.78 is 5.94. The van der Waals surface area contributed by atoms with Gasteiger partial charge in [-0.1, -0.05) is 29.8 Å². The van der Waals surface area contributed by atoms with E-state index in [4.69, 9.17) is 16.3 Å². The van der Waals surface area contributed by atoms with Gasteiger partial charge in [0.2, 0.25) is 5.91 Å². The van der Waals surface area contributed by atoms with Crippen LogP contribution in [0.4, 0.5) is 0 Å². The number of piperidine rings is 1. The van der Waals surface area contributed by atoms with Crippen LogP contribution in [-0.4, -0.2) is 42.6 Å². The summed E-state index contributed by atoms with van der Waals surface area (Å²) in [6.07, 6.45) is 5.80. The van der Waals surface area contributed by atoms with Crippen molar-refractivity contribution in [3.63, 3.8) is 0 Å². The minimum Gasteiger partial charge on any atom is -0.490 e. The Hall–Kier alpha value is -1.23. The summed E-state index contributed by atoms with van der Waals surface area (Å²) in [6, 6.07) is 7.31. The largest absolute Gasteiger partial charge is 0.490 e. The lowest BCUT2D eigenvalue weighted by Gasteiger charge is -2.33. The number of hydrogen-bond acceptors (Lipinski definition) is 3. The van der Waals surface area contributed by atoms with E-state index in [0.29, 0.717) is 5.02 Å². The van der Waals surface area contributed by atoms with Gasteiger partial charge in [-0.05, 0) is 18.2 Å². The fraction of sp³-hybridized carbons (Fsp3) is 0.438. The molecule has 1 aromatic rings. The molecule has 0 bridgehead atoms. The van der Waals surface area contributed by atoms with Crippen LogP contribution in [0.5, 0.6) is 5.75 Å². The zero-order valence-corrected chi connectivity index (χ0v) is 13.8. The summed E-state index contributed by atoms with van der Waals surface area (Å²) in [7, 11) is 0. The molecule has 1 unspecified atom stereocenters. The van der Waals surface area contributed by atoms with E-state index in [1.165, 1.54) is 0 Å². The Morgan fingerprint density at radius 1 is 1.32 bits per heavy atom. The summed E-state index contributed by atoms with van der Waals surface area (Å²) in [5.41, 5.74) is 0. The van der Waals surface area contributed by atoms with Crippen molar-refractivity contribution in [1.29, 1.82) is 0 Å². The van der Waals surface area contributed by atoms with E-state index in [-0.39, 0.29) is 30.5 Å². The number of nitrogens with one attached hydrogen (secondary N) is 1. The Kier molecular flexibility index (Phi) is 6.12. The van der Waals surface area contributed by atoms with Crippen molar-refractivity contribution >= 4 is 29.9 Å². The third-order valence-corrected chi connectivity index (χ3v) is 4.14. The van der Waals surface area contributed by atoms with Crippen LogP contribution in [0.15, 0.2) is 36.4 Å². The van der Waals surface area contributed by atoms with Gasteiger partial charge in [0.25, 0.3) is 0 Å². The second-order valence-electron chi connectivity index (χ2n) is 5.41. The summed E-state index contributed by atoms with van der Waals surface area (Å²) >= 11 is 5.95. The van der Waals surface area contributed by atoms with E-state index in [1.807, 2.05) is 41.3 Å². The lowest BCUT2D eigenvalue weighted by atomic mass is 10.1. The van der Waals surface area contributed by atoms with E-state index in [2.05, 4.69) is 5.32 Å². The first-order valence-electron chi connectivity index (χ1n) is 7.33. The molecule has 6 heteroatoms. The molecule has 120 valence electrons. The highest BCUT2D eigenvalue weighted by molar-refractivity contribution is 6.30. The fourth-order valence-electron chi connectivity index (χ4n) is 2.76. The number of halogens is 2. The summed E-state index contributed by atoms with van der Waals surface area (Å²) in [5, 5.41) is 3.84. The molecule has 0 aromatic heterocycles. The predicted molar refractivity (Wildman–Crippen MR) is 89.9 cm³/mol. The van der Waals surface area contributed by atoms with Gasteiger partial charge in [-0.2, -0.15) is 0 Å². The first kappa shape index (κ1) is 17.1. The standard InChI is InChI=1S/C16H19ClN2O2.ClH/c17-12-3-1-4-14(11-12)21-13-6-9-19(10-7-13)16(20)15-5-2-8-18-15;/h1-5,11,13,15,18H,6-10H2;1H. The predicted octanol–water partition coefficient (Wildman–Crippen LogP) is 2.66. The van der Waals surface area contributed by atoms with E-state index in [1.54, 1.807) is 0 Å². The Labute approximate surface area is 141 Å². The Balaban J connectivity index is 0.00000176. The average Bonchev–Trinajstić information content (AvgIpc) is 3.01. The molecule has 3 rings (SSSR count). The minimum atomic E-state index is -0.143. The molecule has 2 heterocycles. The molecule has 2 aliphatic rings. The molecule has 1 saturated heterocycles. The van der Waals surface area contributed by atoms with Crippen molar-refractivity contribution in [2.24, 2.45) is 0 Å². The van der Waals surface area contributed by atoms with Crippen molar-refractivity contribution in [2.75, 3.05) is 19.6 Å². The van der Waals surface area contributed by atoms with Crippen LogP contribution in [-0.2, 0) is 4.79 Å². The van der Waals surface area contributed by atoms with Crippen LogP contribution in [0.1, 0.15) is 12.8 Å². The van der Waals surface area contributed by atoms with Crippen LogP contribution >= 0.6 is 24.0 Å². The molecule has 0 aliphatic carbocycles. The molecule has 0 saturated carbocycles. The molecule has 22 heavy (non-hydrogen) atoms. The molecule has 1 atom stereocenters. The maximum Gasteiger partial charge on any atom is 0.243 e. The second-order valence-corrected chi connectivity index (χ2v) is 5.85. The van der Waals surface area contributed by atoms with Crippen molar-refractivity contribution in [3.8, 4) is 5.75 Å². The highest BCUT2D eigenvalue weighted by Crippen LogP contribution is 2.22. The number of amides is 1. The summed E-state index contributed by atoms with van der Waals surface area (Å²) in [6.45, 7) is 2.27. The summed E-state index contributed by atoms with van der Waals surface area (Å²) in [5.74, 6) is 0.970. The molecule has 1 N–H and O–H groups in total. The molecule has 0 radical (unpaired) electrons. The quantitative estimate of drug-likeness (QED) is 0.858. The fourth-order valence-corrected chi connectivity index (χ4v) is 2.94. The van der Waals surface area contributed by atoms with Gasteiger partial charge in [0, 0.05) is 37.5 Å². The van der Waals surface area contributed by atoms with Gasteiger partial charge in [-0.15, -0.1) is 12.4 Å². The van der Waals surface area contributed by atoms with Crippen LogP contribution in [0.2, 0.25) is 5.02 Å². The van der Waals surface area contributed by atoms with Crippen molar-refractivity contribution in [3.05, 3.63) is 41.4 Å². The van der Waals surface area contributed by atoms with Crippen LogP contribution in [0.3, 0.4) is 0 Å². The third-order valence-electron chi connectivity index (χ3n) is 3.90. The molecule has 1 amide bonds. The molecular formula is C16H20Cl2N2O2. The van der Waals surface area contributed by atoms with Crippen molar-refractivity contribution < 1.29 is 9.53 Å². The van der Waals surface area contributed by atoms with Crippen LogP contribution in [0.25, 0.3) is 0 Å². The van der Waals surface area contributed by atoms with Gasteiger partial charge in [-0.25, -0.2) is 0 Å². The van der Waals surface area contributed by atoms with Gasteiger partial charge >= 0.3 is 0 Å². The molecule has 1 aromatic carbocycles. The van der Waals surface area contributed by atoms with Crippen LogP contribution in [0, 0.1) is 0 Å². The number of carbonyl (C=O) groups is 1. The number of hydrogen-bond donors (Lipinski definition) is 1. The van der Waals surface area contributed by atoms with E-state index < -0.39 is 0 Å². The van der Waals surface area contributed by atoms with Gasteiger partial charge in [0.1, 0.15) is 17.9 Å². The molecule has 2 aliphatic heterocycles. The average molecular weight is 343 g/mol. The first-order valence-corrected chi connectivity index (χ1v) is 7.71. The SMILES string of the molecule is Cl.O=C(C1C=CCN1)N1CCC(Oc2cccc(Cl)c2)CC1. The topological polar surface area (TPSA) is 41.6 Å². The van der Waals surface area contributed by atoms with Gasteiger partial charge < -0.3 is 9.64 Å². The van der Waals surface area contributed by atoms with E-state index in [9.17, 15) is 4.79 Å². The lowest BCUT2D eigenvalue weighted by molar-refractivity contribution is -0.133. The Morgan fingerprint density at radius 3 is 2.73 bits per heavy atom. The third kappa shape index (κ3) is 4.15. The maximum atomic E-state index is 12.3. The number of likely N-dealkylation sites (tertiary alicyclic amines) is 1. The minimum absolute atomic E-state index is 0. The van der Waals surface area contributed by atoms with Gasteiger partial charge in [-0.3, -0.25) is 10.1 Å². The zero-order chi connectivity index (χ0) is 14.7. The summed E-state index contributed by atoms with van der Waals surface area (Å²) in [4.78, 5) is 14.2. The number of benzene rings is 1. The Bertz CT molecular complexity index is 543. The van der Waals surface area contributed by atoms with Crippen molar-refractivity contribution in [2.45, 2.75) is 25.0 Å². The lowest BCUT2D eigenvalue weighted by Crippen LogP contribution is -2.48. The van der Waals surface area contributed by atoms with Gasteiger partial charge in [0.15, 0.2) is 0 Å². The number of carbonyl (C=O) groups excluding carboxylic acids is 1. The Morgan fingerprint density at radius 2 is 2.09 bits per heavy atom. The number of rotatable bonds is 3. The monoisotopic (exact) mass is 342 g/mol. The van der Waals surface area contributed by atoms with E-state index in [0.717, 1.165) is 38.2 Å². The van der Waals surface area contributed by atoms with Gasteiger partial charge in [0.05, 0.1) is 0 Å². The second kappa shape index (κ2) is 7.86.